The Hall–Kier alpha value is -6.98. The monoisotopic (exact) mass is 787 g/mol. The number of aromatic nitrogens is 1. The third-order valence-electron chi connectivity index (χ3n) is 13.3. The van der Waals surface area contributed by atoms with E-state index in [-0.39, 0.29) is 17.7 Å². The second-order valence-corrected chi connectivity index (χ2v) is 19.0. The Bertz CT molecular complexity index is 3320. The highest BCUT2D eigenvalue weighted by Crippen LogP contribution is 2.50. The van der Waals surface area contributed by atoms with Crippen molar-refractivity contribution in [1.82, 2.24) is 4.48 Å². The highest BCUT2D eigenvalue weighted by Gasteiger charge is 2.44. The van der Waals surface area contributed by atoms with E-state index in [0.717, 1.165) is 45.1 Å². The van der Waals surface area contributed by atoms with Crippen LogP contribution in [-0.2, 0) is 10.8 Å². The van der Waals surface area contributed by atoms with Gasteiger partial charge in [-0.2, -0.15) is 0 Å². The van der Waals surface area contributed by atoms with Crippen molar-refractivity contribution in [3.05, 3.63) is 181 Å². The predicted molar refractivity (Wildman–Crippen MR) is 259 cm³/mol. The molecule has 2 aromatic heterocycles. The Morgan fingerprint density at radius 3 is 1.82 bits per heavy atom. The molecule has 0 unspecified atom stereocenters. The molecule has 0 fully saturated rings. The Labute approximate surface area is 357 Å². The molecule has 0 N–H and O–H groups in total. The second kappa shape index (κ2) is 12.8. The van der Waals surface area contributed by atoms with Gasteiger partial charge in [0.05, 0.1) is 11.1 Å². The van der Waals surface area contributed by atoms with Gasteiger partial charge in [-0.3, -0.25) is 0 Å². The highest BCUT2D eigenvalue weighted by atomic mass is 16.3. The number of benzene rings is 8. The van der Waals surface area contributed by atoms with Gasteiger partial charge in [0, 0.05) is 55.7 Å². The molecule has 12 rings (SSSR count). The van der Waals surface area contributed by atoms with Crippen molar-refractivity contribution in [2.24, 2.45) is 0 Å². The Kier molecular flexibility index (Phi) is 7.52. The summed E-state index contributed by atoms with van der Waals surface area (Å²) in [6.07, 6.45) is 0. The standard InChI is InChI=1S/C56H46BN3O/c1-55(2,3)36-23-27-39(28-24-36)58(40-29-25-37(26-30-40)56(4,5)6)41-31-32-47-48(34-41)59(38-16-8-7-9-17-38)53-42-18-11-10-15-35(42)33-46-43-20-14-21-45-50-44-19-12-13-22-49(44)61-54(50)60(52(43)45)57(47)51(46)53/h7-34H,1-6H3. The summed E-state index contributed by atoms with van der Waals surface area (Å²) in [6, 6.07) is 63.1. The van der Waals surface area contributed by atoms with E-state index >= 15 is 0 Å². The van der Waals surface area contributed by atoms with E-state index in [1.165, 1.54) is 65.9 Å². The second-order valence-electron chi connectivity index (χ2n) is 19.0. The fraction of sp³-hybridized carbons (Fsp3) is 0.143. The van der Waals surface area contributed by atoms with Crippen LogP contribution in [0.25, 0.3) is 54.9 Å². The van der Waals surface area contributed by atoms with Crippen LogP contribution in [0.3, 0.4) is 0 Å². The van der Waals surface area contributed by atoms with Crippen molar-refractivity contribution >= 4 is 95.6 Å². The number of hydrogen-bond acceptors (Lipinski definition) is 3. The van der Waals surface area contributed by atoms with E-state index in [4.69, 9.17) is 4.42 Å². The van der Waals surface area contributed by atoms with Gasteiger partial charge in [-0.1, -0.05) is 151 Å². The Morgan fingerprint density at radius 2 is 1.13 bits per heavy atom. The molecule has 0 aliphatic carbocycles. The van der Waals surface area contributed by atoms with Gasteiger partial charge in [0.25, 0.3) is 0 Å². The van der Waals surface area contributed by atoms with E-state index in [1.807, 2.05) is 0 Å². The molecule has 294 valence electrons. The van der Waals surface area contributed by atoms with Gasteiger partial charge < -0.3 is 18.7 Å². The zero-order chi connectivity index (χ0) is 41.4. The lowest BCUT2D eigenvalue weighted by molar-refractivity contribution is 0.590. The maximum absolute atomic E-state index is 6.96. The van der Waals surface area contributed by atoms with Crippen LogP contribution in [0.5, 0.6) is 0 Å². The number of nitrogens with zero attached hydrogens (tertiary/aromatic N) is 3. The summed E-state index contributed by atoms with van der Waals surface area (Å²) in [5.41, 5.74) is 17.6. The molecule has 10 aromatic rings. The van der Waals surface area contributed by atoms with Crippen molar-refractivity contribution in [2.75, 3.05) is 9.80 Å². The highest BCUT2D eigenvalue weighted by molar-refractivity contribution is 6.90. The Morgan fingerprint density at radius 1 is 0.525 bits per heavy atom. The van der Waals surface area contributed by atoms with Crippen molar-refractivity contribution in [2.45, 2.75) is 52.4 Å². The molecule has 5 heteroatoms. The number of fused-ring (bicyclic) bond motifs is 11. The molecule has 4 heterocycles. The number of para-hydroxylation sites is 3. The summed E-state index contributed by atoms with van der Waals surface area (Å²) in [5.74, 6) is 0. The van der Waals surface area contributed by atoms with E-state index in [1.54, 1.807) is 0 Å². The van der Waals surface area contributed by atoms with Crippen LogP contribution >= 0.6 is 0 Å². The third-order valence-corrected chi connectivity index (χ3v) is 13.3. The van der Waals surface area contributed by atoms with Gasteiger partial charge in [-0.25, -0.2) is 0 Å². The maximum atomic E-state index is 6.96. The number of anilines is 6. The largest absolute Gasteiger partial charge is 0.441 e. The van der Waals surface area contributed by atoms with E-state index in [2.05, 4.69) is 226 Å². The predicted octanol–water partition coefficient (Wildman–Crippen LogP) is 14.2. The summed E-state index contributed by atoms with van der Waals surface area (Å²) in [7, 11) is 0. The van der Waals surface area contributed by atoms with Crippen LogP contribution in [0.4, 0.5) is 34.1 Å². The molecule has 0 saturated heterocycles. The quantitative estimate of drug-likeness (QED) is 0.166. The molecule has 2 aliphatic heterocycles. The molecule has 0 amide bonds. The molecule has 0 saturated carbocycles. The lowest BCUT2D eigenvalue weighted by Crippen LogP contribution is -2.56. The normalized spacial score (nSPS) is 13.3. The molecule has 0 bridgehead atoms. The lowest BCUT2D eigenvalue weighted by atomic mass is 9.45. The molecular formula is C56H46BN3O. The first-order valence-electron chi connectivity index (χ1n) is 21.6. The molecular weight excluding hydrogens is 741 g/mol. The molecule has 0 atom stereocenters. The van der Waals surface area contributed by atoms with Gasteiger partial charge in [0.15, 0.2) is 5.71 Å². The summed E-state index contributed by atoms with van der Waals surface area (Å²) >= 11 is 0. The minimum atomic E-state index is -0.139. The van der Waals surface area contributed by atoms with Crippen molar-refractivity contribution in [3.63, 3.8) is 0 Å². The van der Waals surface area contributed by atoms with E-state index < -0.39 is 0 Å². The van der Waals surface area contributed by atoms with Crippen LogP contribution in [0.1, 0.15) is 52.7 Å². The minimum Gasteiger partial charge on any atom is -0.441 e. The average molecular weight is 788 g/mol. The Balaban J connectivity index is 1.18. The van der Waals surface area contributed by atoms with Gasteiger partial charge in [0.1, 0.15) is 5.58 Å². The first kappa shape index (κ1) is 35.9. The zero-order valence-corrected chi connectivity index (χ0v) is 35.5. The van der Waals surface area contributed by atoms with Crippen molar-refractivity contribution in [1.29, 1.82) is 0 Å². The summed E-state index contributed by atoms with van der Waals surface area (Å²) in [5, 5.41) is 6.00. The zero-order valence-electron chi connectivity index (χ0n) is 35.5. The average Bonchev–Trinajstić information content (AvgIpc) is 3.80. The fourth-order valence-corrected chi connectivity index (χ4v) is 10.3. The third kappa shape index (κ3) is 5.26. The van der Waals surface area contributed by atoms with Crippen LogP contribution in [0.15, 0.2) is 174 Å². The minimum absolute atomic E-state index is 0.0441. The van der Waals surface area contributed by atoms with Crippen molar-refractivity contribution < 1.29 is 4.42 Å². The molecule has 8 aromatic carbocycles. The smallest absolute Gasteiger partial charge is 0.336 e. The molecule has 4 nitrogen and oxygen atoms in total. The lowest BCUT2D eigenvalue weighted by Gasteiger charge is -2.41. The van der Waals surface area contributed by atoms with Crippen LogP contribution < -0.4 is 20.7 Å². The summed E-state index contributed by atoms with van der Waals surface area (Å²) < 4.78 is 9.48. The molecule has 0 spiro atoms. The van der Waals surface area contributed by atoms with Gasteiger partial charge in [0.2, 0.25) is 0 Å². The molecule has 61 heavy (non-hydrogen) atoms. The van der Waals surface area contributed by atoms with Gasteiger partial charge in [-0.15, -0.1) is 0 Å². The van der Waals surface area contributed by atoms with Crippen LogP contribution in [0.2, 0.25) is 0 Å². The van der Waals surface area contributed by atoms with E-state index in [9.17, 15) is 0 Å². The number of rotatable bonds is 4. The summed E-state index contributed by atoms with van der Waals surface area (Å²) in [4.78, 5) is 4.96. The first-order valence-corrected chi connectivity index (χ1v) is 21.6. The topological polar surface area (TPSA) is 24.6 Å². The maximum Gasteiger partial charge on any atom is 0.336 e. The SMILES string of the molecule is CC(C)(C)c1ccc(N(c2ccc(C(C)(C)C)cc2)c2ccc3c(c2)N(c2ccccc2)c2c4c(cc5ccccc25)-c2cccc5c6c7ccccc7oc6n(c25)B34)cc1. The number of furan rings is 1. The number of hydrogen-bond donors (Lipinski definition) is 0. The molecule has 0 radical (unpaired) electrons. The summed E-state index contributed by atoms with van der Waals surface area (Å²) in [6.45, 7) is 13.5. The van der Waals surface area contributed by atoms with Crippen LogP contribution in [0, 0.1) is 0 Å². The van der Waals surface area contributed by atoms with Crippen molar-refractivity contribution in [3.8, 4) is 11.1 Å². The van der Waals surface area contributed by atoms with Gasteiger partial charge in [-0.05, 0) is 104 Å². The van der Waals surface area contributed by atoms with Crippen LogP contribution in [-0.4, -0.2) is 11.3 Å². The molecule has 2 aliphatic rings. The van der Waals surface area contributed by atoms with E-state index in [0.29, 0.717) is 0 Å². The fourth-order valence-electron chi connectivity index (χ4n) is 10.3. The van der Waals surface area contributed by atoms with Gasteiger partial charge >= 0.3 is 6.85 Å². The first-order chi connectivity index (χ1) is 29.5.